The maximum absolute atomic E-state index is 11.6. The van der Waals surface area contributed by atoms with E-state index in [1.165, 1.54) is 22.3 Å². The van der Waals surface area contributed by atoms with Crippen molar-refractivity contribution in [2.75, 3.05) is 20.3 Å². The van der Waals surface area contributed by atoms with Gasteiger partial charge in [0.1, 0.15) is 6.61 Å². The highest BCUT2D eigenvalue weighted by molar-refractivity contribution is 5.79. The van der Waals surface area contributed by atoms with E-state index in [1.54, 1.807) is 7.05 Å². The molecule has 0 atom stereocenters. The molecule has 0 aromatic heterocycles. The Hall–Kier alpha value is -2.33. The van der Waals surface area contributed by atoms with Crippen LogP contribution in [-0.2, 0) is 4.74 Å². The molecule has 0 saturated carbocycles. The highest BCUT2D eigenvalue weighted by Gasteiger charge is 2.28. The Morgan fingerprint density at radius 3 is 2.19 bits per heavy atom. The first-order chi connectivity index (χ1) is 10.3. The first-order valence-electron chi connectivity index (χ1n) is 7.04. The van der Waals surface area contributed by atoms with Gasteiger partial charge in [0.2, 0.25) is 0 Å². The van der Waals surface area contributed by atoms with Crippen LogP contribution < -0.4 is 10.6 Å². The molecule has 0 radical (unpaired) electrons. The number of amides is 1. The van der Waals surface area contributed by atoms with Crippen molar-refractivity contribution in [3.63, 3.8) is 0 Å². The van der Waals surface area contributed by atoms with E-state index in [1.807, 2.05) is 24.3 Å². The molecule has 0 heterocycles. The van der Waals surface area contributed by atoms with Gasteiger partial charge in [0.15, 0.2) is 0 Å². The summed E-state index contributed by atoms with van der Waals surface area (Å²) in [5.41, 5.74) is 4.91. The molecule has 0 aliphatic heterocycles. The molecule has 0 fully saturated rings. The van der Waals surface area contributed by atoms with Crippen LogP contribution in [0.3, 0.4) is 0 Å². The van der Waals surface area contributed by atoms with Crippen LogP contribution in [0, 0.1) is 0 Å². The average Bonchev–Trinajstić information content (AvgIpc) is 2.85. The molecule has 21 heavy (non-hydrogen) atoms. The van der Waals surface area contributed by atoms with Crippen molar-refractivity contribution < 1.29 is 9.53 Å². The van der Waals surface area contributed by atoms with Gasteiger partial charge in [-0.05, 0) is 29.3 Å². The third kappa shape index (κ3) is 2.62. The molecule has 1 aliphatic rings. The van der Waals surface area contributed by atoms with Gasteiger partial charge < -0.3 is 15.4 Å². The molecule has 2 aromatic carbocycles. The Kier molecular flexibility index (Phi) is 3.88. The van der Waals surface area contributed by atoms with Gasteiger partial charge in [-0.2, -0.15) is 0 Å². The molecule has 0 spiro atoms. The maximum atomic E-state index is 11.6. The number of hydrogen-bond acceptors (Lipinski definition) is 3. The molecule has 2 aromatic rings. The van der Waals surface area contributed by atoms with Gasteiger partial charge in [-0.15, -0.1) is 0 Å². The lowest BCUT2D eigenvalue weighted by molar-refractivity contribution is 0.142. The number of ether oxygens (including phenoxy) is 1. The van der Waals surface area contributed by atoms with Crippen molar-refractivity contribution in [3.05, 3.63) is 59.7 Å². The maximum Gasteiger partial charge on any atom is 0.408 e. The fourth-order valence-electron chi connectivity index (χ4n) is 2.81. The Morgan fingerprint density at radius 2 is 1.62 bits per heavy atom. The van der Waals surface area contributed by atoms with Crippen molar-refractivity contribution in [2.45, 2.75) is 5.92 Å². The van der Waals surface area contributed by atoms with Crippen LogP contribution in [0.4, 0.5) is 4.79 Å². The molecule has 1 aliphatic carbocycles. The van der Waals surface area contributed by atoms with Crippen molar-refractivity contribution in [1.82, 2.24) is 10.6 Å². The number of alkyl carbamates (subject to hydrolysis) is 1. The number of fused-ring (bicyclic) bond motifs is 3. The molecule has 0 saturated heterocycles. The lowest BCUT2D eigenvalue weighted by Crippen LogP contribution is -2.33. The average molecular weight is 282 g/mol. The van der Waals surface area contributed by atoms with Crippen molar-refractivity contribution in [3.8, 4) is 11.1 Å². The number of carbonyl (C=O) groups is 1. The molecule has 108 valence electrons. The number of rotatable bonds is 4. The zero-order valence-corrected chi connectivity index (χ0v) is 11.9. The van der Waals surface area contributed by atoms with Crippen LogP contribution in [0.1, 0.15) is 17.0 Å². The first-order valence-corrected chi connectivity index (χ1v) is 7.04. The molecule has 1 amide bonds. The predicted octanol–water partition coefficient (Wildman–Crippen LogP) is 2.70. The molecule has 0 bridgehead atoms. The van der Waals surface area contributed by atoms with Crippen molar-refractivity contribution in [1.29, 1.82) is 0 Å². The summed E-state index contributed by atoms with van der Waals surface area (Å²) >= 11 is 0. The van der Waals surface area contributed by atoms with Gasteiger partial charge in [-0.3, -0.25) is 0 Å². The quantitative estimate of drug-likeness (QED) is 0.848. The van der Waals surface area contributed by atoms with Crippen molar-refractivity contribution >= 4 is 6.09 Å². The Labute approximate surface area is 124 Å². The molecular formula is C17H18N2O2. The van der Waals surface area contributed by atoms with E-state index in [9.17, 15) is 4.79 Å². The lowest BCUT2D eigenvalue weighted by Gasteiger charge is -2.14. The number of nitrogens with one attached hydrogen (secondary N) is 2. The minimum Gasteiger partial charge on any atom is -0.449 e. The Bertz CT molecular complexity index is 609. The van der Waals surface area contributed by atoms with Crippen LogP contribution in [0.25, 0.3) is 11.1 Å². The summed E-state index contributed by atoms with van der Waals surface area (Å²) in [6, 6.07) is 16.6. The number of hydrogen-bond donors (Lipinski definition) is 2. The van der Waals surface area contributed by atoms with Gasteiger partial charge in [0.25, 0.3) is 0 Å². The second kappa shape index (κ2) is 5.97. The second-order valence-electron chi connectivity index (χ2n) is 5.03. The van der Waals surface area contributed by atoms with Crippen LogP contribution in [0.2, 0.25) is 0 Å². The predicted molar refractivity (Wildman–Crippen MR) is 82.1 cm³/mol. The summed E-state index contributed by atoms with van der Waals surface area (Å²) in [5.74, 6) is 0.109. The molecule has 2 N–H and O–H groups in total. The molecule has 4 heteroatoms. The number of benzene rings is 2. The normalized spacial score (nSPS) is 12.6. The van der Waals surface area contributed by atoms with Gasteiger partial charge in [-0.25, -0.2) is 4.79 Å². The summed E-state index contributed by atoms with van der Waals surface area (Å²) < 4.78 is 5.35. The third-order valence-electron chi connectivity index (χ3n) is 3.75. The highest BCUT2D eigenvalue weighted by Crippen LogP contribution is 2.44. The van der Waals surface area contributed by atoms with E-state index in [-0.39, 0.29) is 5.92 Å². The largest absolute Gasteiger partial charge is 0.449 e. The van der Waals surface area contributed by atoms with E-state index in [0.29, 0.717) is 13.3 Å². The standard InChI is InChI=1S/C17H18N2O2/c1-18-11-19-17(20)21-10-16-14-8-4-2-6-12(14)13-7-3-5-9-15(13)16/h2-9,16,18H,10-11H2,1H3,(H,19,20). The summed E-state index contributed by atoms with van der Waals surface area (Å²) in [4.78, 5) is 11.6. The SMILES string of the molecule is CNCNC(=O)OCC1c2ccccc2-c2ccccc21. The van der Waals surface area contributed by atoms with Crippen LogP contribution in [-0.4, -0.2) is 26.4 Å². The minimum absolute atomic E-state index is 0.109. The zero-order chi connectivity index (χ0) is 14.7. The highest BCUT2D eigenvalue weighted by atomic mass is 16.5. The van der Waals surface area contributed by atoms with E-state index in [2.05, 4.69) is 34.9 Å². The third-order valence-corrected chi connectivity index (χ3v) is 3.75. The monoisotopic (exact) mass is 282 g/mol. The van der Waals surface area contributed by atoms with Gasteiger partial charge >= 0.3 is 6.09 Å². The van der Waals surface area contributed by atoms with Gasteiger partial charge in [0, 0.05) is 5.92 Å². The lowest BCUT2D eigenvalue weighted by atomic mass is 9.98. The zero-order valence-electron chi connectivity index (χ0n) is 11.9. The first kappa shape index (κ1) is 13.6. The van der Waals surface area contributed by atoms with Crippen LogP contribution in [0.5, 0.6) is 0 Å². The van der Waals surface area contributed by atoms with Gasteiger partial charge in [0.05, 0.1) is 6.67 Å². The Balaban J connectivity index is 1.81. The summed E-state index contributed by atoms with van der Waals surface area (Å²) in [7, 11) is 1.77. The second-order valence-corrected chi connectivity index (χ2v) is 5.03. The summed E-state index contributed by atoms with van der Waals surface area (Å²) in [6.45, 7) is 0.750. The molecule has 0 unspecified atom stereocenters. The topological polar surface area (TPSA) is 50.4 Å². The number of carbonyl (C=O) groups excluding carboxylic acids is 1. The summed E-state index contributed by atoms with van der Waals surface area (Å²) in [6.07, 6.45) is -0.397. The van der Waals surface area contributed by atoms with E-state index < -0.39 is 6.09 Å². The Morgan fingerprint density at radius 1 is 1.05 bits per heavy atom. The van der Waals surface area contributed by atoms with Crippen molar-refractivity contribution in [2.24, 2.45) is 0 Å². The summed E-state index contributed by atoms with van der Waals surface area (Å²) in [5, 5.41) is 5.48. The fraction of sp³-hybridized carbons (Fsp3) is 0.235. The van der Waals surface area contributed by atoms with Crippen LogP contribution in [0.15, 0.2) is 48.5 Å². The molecule has 4 nitrogen and oxygen atoms in total. The van der Waals surface area contributed by atoms with E-state index in [0.717, 1.165) is 0 Å². The minimum atomic E-state index is -0.397. The molecule has 3 rings (SSSR count). The van der Waals surface area contributed by atoms with E-state index >= 15 is 0 Å². The van der Waals surface area contributed by atoms with Crippen LogP contribution >= 0.6 is 0 Å². The van der Waals surface area contributed by atoms with E-state index in [4.69, 9.17) is 4.74 Å². The molecular weight excluding hydrogens is 264 g/mol. The fourth-order valence-corrected chi connectivity index (χ4v) is 2.81. The van der Waals surface area contributed by atoms with Gasteiger partial charge in [-0.1, -0.05) is 48.5 Å². The smallest absolute Gasteiger partial charge is 0.408 e.